The van der Waals surface area contributed by atoms with Crippen molar-refractivity contribution in [2.45, 2.75) is 6.42 Å². The maximum absolute atomic E-state index is 13.6. The lowest BCUT2D eigenvalue weighted by Crippen LogP contribution is -2.37. The predicted octanol–water partition coefficient (Wildman–Crippen LogP) is 4.31. The Morgan fingerprint density at radius 1 is 0.972 bits per heavy atom. The molecule has 1 aliphatic rings. The van der Waals surface area contributed by atoms with Crippen molar-refractivity contribution in [2.24, 2.45) is 0 Å². The smallest absolute Gasteiger partial charge is 0.256 e. The molecule has 0 radical (unpaired) electrons. The van der Waals surface area contributed by atoms with Crippen LogP contribution in [0, 0.1) is 11.6 Å². The van der Waals surface area contributed by atoms with E-state index in [2.05, 4.69) is 14.9 Å². The zero-order valence-corrected chi connectivity index (χ0v) is 19.9. The Labute approximate surface area is 206 Å². The number of pyridine rings is 2. The Bertz CT molecular complexity index is 1440. The Morgan fingerprint density at radius 3 is 2.25 bits per heavy atom. The van der Waals surface area contributed by atoms with Crippen LogP contribution in [0.4, 0.5) is 14.5 Å². The number of nitrogens with zero attached hydrogens (tertiary/aromatic N) is 2. The summed E-state index contributed by atoms with van der Waals surface area (Å²) in [6.45, 7) is 2.50. The van der Waals surface area contributed by atoms with Gasteiger partial charge in [0.15, 0.2) is 11.5 Å². The molecule has 0 bridgehead atoms. The maximum atomic E-state index is 13.6. The topological polar surface area (TPSA) is 76.7 Å². The number of hydrogen-bond acceptors (Lipinski definition) is 6. The van der Waals surface area contributed by atoms with Gasteiger partial charge in [0, 0.05) is 48.4 Å². The lowest BCUT2D eigenvalue weighted by molar-refractivity contribution is 0.122. The Morgan fingerprint density at radius 2 is 1.64 bits per heavy atom. The SMILES string of the molecule is COc1cc2c(N3CCOCC3)c(Cc3ccc(-c4cc(F)cc(F)c4)nc3)[nH]c(=O)c2cc1OC. The highest BCUT2D eigenvalue weighted by molar-refractivity contribution is 5.97. The quantitative estimate of drug-likeness (QED) is 0.431. The molecular weight excluding hydrogens is 468 g/mol. The molecule has 1 N–H and O–H groups in total. The minimum atomic E-state index is -0.660. The van der Waals surface area contributed by atoms with E-state index in [0.717, 1.165) is 28.4 Å². The minimum Gasteiger partial charge on any atom is -0.493 e. The van der Waals surface area contributed by atoms with Crippen molar-refractivity contribution in [1.82, 2.24) is 9.97 Å². The number of aromatic nitrogens is 2. The zero-order valence-electron chi connectivity index (χ0n) is 19.9. The number of aromatic amines is 1. The van der Waals surface area contributed by atoms with E-state index < -0.39 is 11.6 Å². The molecule has 5 rings (SSSR count). The van der Waals surface area contributed by atoms with E-state index >= 15 is 0 Å². The summed E-state index contributed by atoms with van der Waals surface area (Å²) in [5.74, 6) is -0.312. The first-order valence-electron chi connectivity index (χ1n) is 11.5. The van der Waals surface area contributed by atoms with Gasteiger partial charge in [0.2, 0.25) is 0 Å². The summed E-state index contributed by atoms with van der Waals surface area (Å²) in [6.07, 6.45) is 2.05. The number of fused-ring (bicyclic) bond motifs is 1. The van der Waals surface area contributed by atoms with Crippen molar-refractivity contribution in [1.29, 1.82) is 0 Å². The minimum absolute atomic E-state index is 0.238. The molecule has 1 fully saturated rings. The Kier molecular flexibility index (Phi) is 6.56. The highest BCUT2D eigenvalue weighted by Gasteiger charge is 2.22. The number of anilines is 1. The van der Waals surface area contributed by atoms with Crippen LogP contribution in [0.25, 0.3) is 22.0 Å². The fourth-order valence-electron chi connectivity index (χ4n) is 4.57. The van der Waals surface area contributed by atoms with E-state index in [9.17, 15) is 13.6 Å². The van der Waals surface area contributed by atoms with E-state index in [1.54, 1.807) is 25.4 Å². The number of H-pyrrole nitrogens is 1. The highest BCUT2D eigenvalue weighted by Crippen LogP contribution is 2.37. The summed E-state index contributed by atoms with van der Waals surface area (Å²) in [6, 6.07) is 10.4. The molecule has 36 heavy (non-hydrogen) atoms. The largest absolute Gasteiger partial charge is 0.493 e. The van der Waals surface area contributed by atoms with Crippen LogP contribution in [0.2, 0.25) is 0 Å². The molecule has 9 heteroatoms. The molecule has 0 aliphatic carbocycles. The molecule has 2 aromatic carbocycles. The number of nitrogens with one attached hydrogen (secondary N) is 1. The fourth-order valence-corrected chi connectivity index (χ4v) is 4.57. The van der Waals surface area contributed by atoms with Gasteiger partial charge in [0.25, 0.3) is 5.56 Å². The first kappa shape index (κ1) is 23.7. The standard InChI is InChI=1S/C27H25F2N3O4/c1-34-24-13-20-21(14-25(24)35-2)27(33)31-23(26(20)32-5-7-36-8-6-32)9-16-3-4-22(30-15-16)17-10-18(28)12-19(29)11-17/h3-4,10-15H,5-9H2,1-2H3,(H,31,33). The summed E-state index contributed by atoms with van der Waals surface area (Å²) < 4.78 is 43.7. The van der Waals surface area contributed by atoms with Gasteiger partial charge in [-0.25, -0.2) is 8.78 Å². The van der Waals surface area contributed by atoms with Crippen molar-refractivity contribution in [2.75, 3.05) is 45.4 Å². The van der Waals surface area contributed by atoms with E-state index in [4.69, 9.17) is 14.2 Å². The first-order valence-corrected chi connectivity index (χ1v) is 11.5. The van der Waals surface area contributed by atoms with Crippen LogP contribution < -0.4 is 19.9 Å². The number of rotatable bonds is 6. The lowest BCUT2D eigenvalue weighted by atomic mass is 10.0. The summed E-state index contributed by atoms with van der Waals surface area (Å²) in [5.41, 5.74) is 3.03. The summed E-state index contributed by atoms with van der Waals surface area (Å²) in [5, 5.41) is 1.26. The lowest BCUT2D eigenvalue weighted by Gasteiger charge is -2.31. The Hall–Kier alpha value is -3.98. The Balaban J connectivity index is 1.58. The van der Waals surface area contributed by atoms with Crippen molar-refractivity contribution in [3.63, 3.8) is 0 Å². The molecule has 186 valence electrons. The van der Waals surface area contributed by atoms with Crippen LogP contribution >= 0.6 is 0 Å². The number of hydrogen-bond donors (Lipinski definition) is 1. The summed E-state index contributed by atoms with van der Waals surface area (Å²) in [4.78, 5) is 22.8. The van der Waals surface area contributed by atoms with Gasteiger partial charge in [-0.1, -0.05) is 6.07 Å². The summed E-state index contributed by atoms with van der Waals surface area (Å²) >= 11 is 0. The number of ether oxygens (including phenoxy) is 3. The average Bonchev–Trinajstić information content (AvgIpc) is 2.88. The van der Waals surface area contributed by atoms with Crippen molar-refractivity contribution in [3.05, 3.63) is 81.9 Å². The van der Waals surface area contributed by atoms with Gasteiger partial charge in [-0.15, -0.1) is 0 Å². The second-order valence-electron chi connectivity index (χ2n) is 8.52. The van der Waals surface area contributed by atoms with Crippen LogP contribution in [0.3, 0.4) is 0 Å². The average molecular weight is 494 g/mol. The van der Waals surface area contributed by atoms with Crippen molar-refractivity contribution >= 4 is 16.5 Å². The van der Waals surface area contributed by atoms with Crippen LogP contribution in [0.5, 0.6) is 11.5 Å². The number of morpholine rings is 1. The molecule has 0 saturated carbocycles. The molecule has 0 unspecified atom stereocenters. The summed E-state index contributed by atoms with van der Waals surface area (Å²) in [7, 11) is 3.09. The van der Waals surface area contributed by atoms with E-state index in [0.29, 0.717) is 60.9 Å². The monoisotopic (exact) mass is 493 g/mol. The molecular formula is C27H25F2N3O4. The second-order valence-corrected chi connectivity index (χ2v) is 8.52. The van der Waals surface area contributed by atoms with Crippen LogP contribution in [-0.4, -0.2) is 50.5 Å². The first-order chi connectivity index (χ1) is 17.5. The van der Waals surface area contributed by atoms with Crippen LogP contribution in [0.15, 0.2) is 53.5 Å². The third kappa shape index (κ3) is 4.61. The zero-order chi connectivity index (χ0) is 25.2. The molecule has 7 nitrogen and oxygen atoms in total. The molecule has 1 saturated heterocycles. The molecule has 0 spiro atoms. The van der Waals surface area contributed by atoms with Gasteiger partial charge in [0.05, 0.1) is 44.2 Å². The number of halogens is 2. The highest BCUT2D eigenvalue weighted by atomic mass is 19.1. The van der Waals surface area contributed by atoms with Crippen molar-refractivity contribution < 1.29 is 23.0 Å². The molecule has 3 heterocycles. The van der Waals surface area contributed by atoms with E-state index in [1.807, 2.05) is 12.1 Å². The third-order valence-corrected chi connectivity index (χ3v) is 6.26. The van der Waals surface area contributed by atoms with Crippen LogP contribution in [-0.2, 0) is 11.2 Å². The number of benzene rings is 2. The van der Waals surface area contributed by atoms with Gasteiger partial charge in [0.1, 0.15) is 11.6 Å². The third-order valence-electron chi connectivity index (χ3n) is 6.26. The second kappa shape index (κ2) is 9.94. The van der Waals surface area contributed by atoms with E-state index in [1.165, 1.54) is 19.2 Å². The fraction of sp³-hybridized carbons (Fsp3) is 0.259. The molecule has 1 aliphatic heterocycles. The van der Waals surface area contributed by atoms with Gasteiger partial charge in [-0.05, 0) is 35.9 Å². The molecule has 4 aromatic rings. The van der Waals surface area contributed by atoms with E-state index in [-0.39, 0.29) is 5.56 Å². The molecule has 0 atom stereocenters. The molecule has 2 aromatic heterocycles. The normalized spacial score (nSPS) is 13.7. The van der Waals surface area contributed by atoms with Gasteiger partial charge in [-0.3, -0.25) is 9.78 Å². The maximum Gasteiger partial charge on any atom is 0.256 e. The van der Waals surface area contributed by atoms with Crippen LogP contribution in [0.1, 0.15) is 11.3 Å². The van der Waals surface area contributed by atoms with Gasteiger partial charge >= 0.3 is 0 Å². The van der Waals surface area contributed by atoms with Gasteiger partial charge < -0.3 is 24.1 Å². The van der Waals surface area contributed by atoms with Gasteiger partial charge in [-0.2, -0.15) is 0 Å². The predicted molar refractivity (Wildman–Crippen MR) is 133 cm³/mol. The molecule has 0 amide bonds. The number of methoxy groups -OCH3 is 2. The van der Waals surface area contributed by atoms with Crippen molar-refractivity contribution in [3.8, 4) is 22.8 Å².